The maximum atomic E-state index is 13.2. The molecule has 2 atom stereocenters. The molecular weight excluding hydrogens is 368 g/mol. The largest absolute Gasteiger partial charge is 0.457 e. The number of hydrogen-bond acceptors (Lipinski definition) is 4. The summed E-state index contributed by atoms with van der Waals surface area (Å²) in [6.07, 6.45) is 0.306. The van der Waals surface area contributed by atoms with E-state index >= 15 is 0 Å². The Labute approximate surface area is 173 Å². The van der Waals surface area contributed by atoms with Crippen LogP contribution in [0.15, 0.2) is 54.6 Å². The molecule has 0 aromatic heterocycles. The number of ether oxygens (including phenoxy) is 2. The third-order valence-corrected chi connectivity index (χ3v) is 6.06. The van der Waals surface area contributed by atoms with E-state index in [0.717, 1.165) is 17.3 Å². The van der Waals surface area contributed by atoms with Crippen LogP contribution in [0, 0.1) is 5.41 Å². The first-order chi connectivity index (χ1) is 13.2. The Morgan fingerprint density at radius 2 is 1.50 bits per heavy atom. The molecule has 4 heteroatoms. The smallest absolute Gasteiger partial charge is 0.176 e. The second kappa shape index (κ2) is 10.1. The predicted molar refractivity (Wildman–Crippen MR) is 119 cm³/mol. The second-order valence-electron chi connectivity index (χ2n) is 8.38. The van der Waals surface area contributed by atoms with Gasteiger partial charge < -0.3 is 9.47 Å². The summed E-state index contributed by atoms with van der Waals surface area (Å²) < 4.78 is 11.6. The van der Waals surface area contributed by atoms with Crippen LogP contribution in [0.2, 0.25) is 0 Å². The molecule has 2 aromatic rings. The number of carbonyl (C=O) groups excluding carboxylic acids is 1. The van der Waals surface area contributed by atoms with Crippen LogP contribution in [-0.4, -0.2) is 29.0 Å². The minimum absolute atomic E-state index is 0.115. The maximum absolute atomic E-state index is 13.2. The van der Waals surface area contributed by atoms with E-state index in [1.54, 1.807) is 11.8 Å². The number of benzene rings is 2. The Kier molecular flexibility index (Phi) is 8.14. The molecule has 0 aliphatic rings. The molecule has 2 unspecified atom stereocenters. The van der Waals surface area contributed by atoms with Gasteiger partial charge in [0, 0.05) is 11.3 Å². The number of carbonyl (C=O) groups is 1. The van der Waals surface area contributed by atoms with Gasteiger partial charge in [0.2, 0.25) is 0 Å². The first-order valence-electron chi connectivity index (χ1n) is 9.81. The number of ketones is 1. The summed E-state index contributed by atoms with van der Waals surface area (Å²) in [5, 5.41) is -0.133. The van der Waals surface area contributed by atoms with Crippen LogP contribution in [-0.2, 0) is 4.74 Å². The van der Waals surface area contributed by atoms with Crippen molar-refractivity contribution in [3.8, 4) is 11.5 Å². The van der Waals surface area contributed by atoms with Crippen LogP contribution in [0.25, 0.3) is 0 Å². The lowest BCUT2D eigenvalue weighted by Crippen LogP contribution is -2.33. The molecule has 0 saturated carbocycles. The molecule has 0 heterocycles. The number of Topliss-reactive ketones (excluding diaryl/α,β-unsaturated/α-hetero) is 1. The normalized spacial score (nSPS) is 14.0. The Bertz CT molecular complexity index is 733. The molecule has 0 saturated heterocycles. The standard InChI is InChI=1S/C24H32O3S/c1-17(2)26-18(3)16-28-23(24(4,5)6)22(25)19-12-14-21(15-13-19)27-20-10-8-7-9-11-20/h7-15,17-18,23H,16H2,1-6H3. The van der Waals surface area contributed by atoms with Crippen molar-refractivity contribution >= 4 is 17.5 Å². The minimum Gasteiger partial charge on any atom is -0.457 e. The predicted octanol–water partition coefficient (Wildman–Crippen LogP) is 6.62. The molecule has 0 fully saturated rings. The van der Waals surface area contributed by atoms with Gasteiger partial charge in [0.15, 0.2) is 5.78 Å². The first kappa shape index (κ1) is 22.5. The van der Waals surface area contributed by atoms with Crippen molar-refractivity contribution in [2.24, 2.45) is 5.41 Å². The van der Waals surface area contributed by atoms with Crippen molar-refractivity contribution in [1.82, 2.24) is 0 Å². The lowest BCUT2D eigenvalue weighted by atomic mass is 9.87. The number of hydrogen-bond donors (Lipinski definition) is 0. The van der Waals surface area contributed by atoms with E-state index in [1.807, 2.05) is 68.4 Å². The first-order valence-corrected chi connectivity index (χ1v) is 10.9. The highest BCUT2D eigenvalue weighted by atomic mass is 32.2. The van der Waals surface area contributed by atoms with Crippen molar-refractivity contribution in [1.29, 1.82) is 0 Å². The van der Waals surface area contributed by atoms with E-state index in [4.69, 9.17) is 9.47 Å². The molecule has 0 N–H and O–H groups in total. The van der Waals surface area contributed by atoms with E-state index in [0.29, 0.717) is 5.56 Å². The molecular formula is C24H32O3S. The highest BCUT2D eigenvalue weighted by Gasteiger charge is 2.32. The fourth-order valence-electron chi connectivity index (χ4n) is 2.92. The molecule has 0 aliphatic carbocycles. The summed E-state index contributed by atoms with van der Waals surface area (Å²) in [5.74, 6) is 2.45. The van der Waals surface area contributed by atoms with Crippen LogP contribution in [0.5, 0.6) is 11.5 Å². The van der Waals surface area contributed by atoms with Gasteiger partial charge >= 0.3 is 0 Å². The summed E-state index contributed by atoms with van der Waals surface area (Å²) in [7, 11) is 0. The Morgan fingerprint density at radius 3 is 2.04 bits per heavy atom. The van der Waals surface area contributed by atoms with Gasteiger partial charge in [0.05, 0.1) is 17.5 Å². The van der Waals surface area contributed by atoms with Gasteiger partial charge in [-0.05, 0) is 62.6 Å². The molecule has 0 spiro atoms. The summed E-state index contributed by atoms with van der Waals surface area (Å²) >= 11 is 1.68. The Morgan fingerprint density at radius 1 is 0.929 bits per heavy atom. The van der Waals surface area contributed by atoms with Crippen LogP contribution in [0.1, 0.15) is 51.9 Å². The van der Waals surface area contributed by atoms with Crippen molar-refractivity contribution < 1.29 is 14.3 Å². The number of rotatable bonds is 9. The van der Waals surface area contributed by atoms with Crippen LogP contribution < -0.4 is 4.74 Å². The monoisotopic (exact) mass is 400 g/mol. The Balaban J connectivity index is 2.06. The molecule has 2 rings (SSSR count). The van der Waals surface area contributed by atoms with Crippen LogP contribution in [0.3, 0.4) is 0 Å². The molecule has 28 heavy (non-hydrogen) atoms. The zero-order valence-electron chi connectivity index (χ0n) is 17.8. The third-order valence-electron chi connectivity index (χ3n) is 4.14. The van der Waals surface area contributed by atoms with Gasteiger partial charge in [0.25, 0.3) is 0 Å². The molecule has 0 bridgehead atoms. The third kappa shape index (κ3) is 6.99. The van der Waals surface area contributed by atoms with Crippen molar-refractivity contribution in [3.63, 3.8) is 0 Å². The fraction of sp³-hybridized carbons (Fsp3) is 0.458. The van der Waals surface area contributed by atoms with E-state index in [1.165, 1.54) is 0 Å². The van der Waals surface area contributed by atoms with Gasteiger partial charge in [-0.3, -0.25) is 4.79 Å². The SMILES string of the molecule is CC(C)OC(C)CSC(C(=O)c1ccc(Oc2ccccc2)cc1)C(C)(C)C. The summed E-state index contributed by atoms with van der Waals surface area (Å²) in [4.78, 5) is 13.2. The van der Waals surface area contributed by atoms with Gasteiger partial charge in [-0.2, -0.15) is 0 Å². The van der Waals surface area contributed by atoms with E-state index in [9.17, 15) is 4.79 Å². The average molecular weight is 401 g/mol. The van der Waals surface area contributed by atoms with Gasteiger partial charge in [-0.15, -0.1) is 11.8 Å². The molecule has 0 radical (unpaired) electrons. The van der Waals surface area contributed by atoms with Gasteiger partial charge in [-0.1, -0.05) is 39.0 Å². The summed E-state index contributed by atoms with van der Waals surface area (Å²) in [5.41, 5.74) is 0.573. The molecule has 152 valence electrons. The van der Waals surface area contributed by atoms with E-state index < -0.39 is 0 Å². The molecule has 2 aromatic carbocycles. The van der Waals surface area contributed by atoms with Crippen molar-refractivity contribution in [3.05, 3.63) is 60.2 Å². The highest BCUT2D eigenvalue weighted by molar-refractivity contribution is 8.00. The quantitative estimate of drug-likeness (QED) is 0.443. The Hall–Kier alpha value is -1.78. The highest BCUT2D eigenvalue weighted by Crippen LogP contribution is 2.34. The number of para-hydroxylation sites is 1. The average Bonchev–Trinajstić information content (AvgIpc) is 2.61. The summed E-state index contributed by atoms with van der Waals surface area (Å²) in [6.45, 7) is 12.5. The van der Waals surface area contributed by atoms with E-state index in [2.05, 4.69) is 27.7 Å². The zero-order valence-corrected chi connectivity index (χ0v) is 18.6. The van der Waals surface area contributed by atoms with Crippen LogP contribution >= 0.6 is 11.8 Å². The van der Waals surface area contributed by atoms with E-state index in [-0.39, 0.29) is 28.7 Å². The fourth-order valence-corrected chi connectivity index (χ4v) is 4.25. The number of thioether (sulfide) groups is 1. The van der Waals surface area contributed by atoms with Crippen molar-refractivity contribution in [2.75, 3.05) is 5.75 Å². The lowest BCUT2D eigenvalue weighted by Gasteiger charge is -2.30. The van der Waals surface area contributed by atoms with Gasteiger partial charge in [-0.25, -0.2) is 0 Å². The maximum Gasteiger partial charge on any atom is 0.176 e. The van der Waals surface area contributed by atoms with Gasteiger partial charge in [0.1, 0.15) is 11.5 Å². The van der Waals surface area contributed by atoms with Crippen molar-refractivity contribution in [2.45, 2.75) is 59.0 Å². The topological polar surface area (TPSA) is 35.5 Å². The summed E-state index contributed by atoms with van der Waals surface area (Å²) in [6, 6.07) is 17.1. The van der Waals surface area contributed by atoms with Crippen LogP contribution in [0.4, 0.5) is 0 Å². The minimum atomic E-state index is -0.140. The molecule has 0 aliphatic heterocycles. The zero-order chi connectivity index (χ0) is 20.7. The molecule has 0 amide bonds. The molecule has 3 nitrogen and oxygen atoms in total. The lowest BCUT2D eigenvalue weighted by molar-refractivity contribution is 0.0326. The second-order valence-corrected chi connectivity index (χ2v) is 9.52.